The molecule has 10 heteroatoms. The highest BCUT2D eigenvalue weighted by atomic mass is 16.6. The van der Waals surface area contributed by atoms with Gasteiger partial charge in [0.25, 0.3) is 0 Å². The van der Waals surface area contributed by atoms with Crippen molar-refractivity contribution in [3.05, 3.63) is 0 Å². The fraction of sp³-hybridized carbons (Fsp3) is 0.923. The van der Waals surface area contributed by atoms with Gasteiger partial charge in [-0.25, -0.2) is 0 Å². The van der Waals surface area contributed by atoms with Gasteiger partial charge in [-0.2, -0.15) is 0 Å². The van der Waals surface area contributed by atoms with Gasteiger partial charge >= 0.3 is 5.97 Å². The van der Waals surface area contributed by atoms with Crippen LogP contribution in [0.2, 0.25) is 0 Å². The molecule has 10 N–H and O–H groups in total. The lowest BCUT2D eigenvalue weighted by molar-refractivity contribution is -0.215. The van der Waals surface area contributed by atoms with Crippen molar-refractivity contribution >= 4 is 5.97 Å². The maximum absolute atomic E-state index is 11.8. The number of rotatable bonds is 11. The van der Waals surface area contributed by atoms with Gasteiger partial charge in [-0.05, 0) is 25.3 Å². The van der Waals surface area contributed by atoms with Crippen LogP contribution >= 0.6 is 0 Å². The number of esters is 1. The Morgan fingerprint density at radius 2 is 1.65 bits per heavy atom. The quantitative estimate of drug-likeness (QED) is 0.135. The van der Waals surface area contributed by atoms with Gasteiger partial charge in [0.1, 0.15) is 30.5 Å². The summed E-state index contributed by atoms with van der Waals surface area (Å²) in [6, 6.07) is -1.06. The fourth-order valence-corrected chi connectivity index (χ4v) is 1.83. The van der Waals surface area contributed by atoms with E-state index in [0.29, 0.717) is 19.4 Å². The Bertz CT molecular complexity index is 346. The number of ether oxygens (including phenoxy) is 1. The van der Waals surface area contributed by atoms with Crippen molar-refractivity contribution < 1.29 is 40.2 Å². The van der Waals surface area contributed by atoms with Crippen molar-refractivity contribution in [2.75, 3.05) is 13.2 Å². The Balaban J connectivity index is 4.55. The monoisotopic (exact) mass is 340 g/mol. The molecule has 0 aromatic rings. The molecule has 0 saturated heterocycles. The van der Waals surface area contributed by atoms with Crippen LogP contribution in [0.4, 0.5) is 0 Å². The van der Waals surface area contributed by atoms with E-state index in [1.165, 1.54) is 0 Å². The highest BCUT2D eigenvalue weighted by Crippen LogP contribution is 2.13. The number of aliphatic hydroxyl groups is 6. The molecule has 0 amide bonds. The first-order chi connectivity index (χ1) is 10.7. The lowest BCUT2D eigenvalue weighted by Crippen LogP contribution is -2.52. The largest absolute Gasteiger partial charge is 0.432 e. The Hall–Kier alpha value is -0.850. The van der Waals surface area contributed by atoms with Crippen LogP contribution in [0.25, 0.3) is 0 Å². The number of carbonyl (C=O) groups excluding carboxylic acids is 1. The van der Waals surface area contributed by atoms with Crippen molar-refractivity contribution in [3.63, 3.8) is 0 Å². The molecule has 0 saturated carbocycles. The van der Waals surface area contributed by atoms with E-state index in [-0.39, 0.29) is 5.92 Å². The number of hydrogen-bond donors (Lipinski definition) is 8. The summed E-state index contributed by atoms with van der Waals surface area (Å²) in [5.41, 5.74) is 11.0. The van der Waals surface area contributed by atoms with Crippen molar-refractivity contribution in [3.8, 4) is 0 Å². The predicted molar refractivity (Wildman–Crippen MR) is 78.6 cm³/mol. The number of hydrogen-bond acceptors (Lipinski definition) is 10. The summed E-state index contributed by atoms with van der Waals surface area (Å²) in [4.78, 5) is 11.8. The van der Waals surface area contributed by atoms with E-state index >= 15 is 0 Å². The third-order valence-electron chi connectivity index (χ3n) is 3.56. The average Bonchev–Trinajstić information content (AvgIpc) is 2.55. The molecule has 7 atom stereocenters. The Morgan fingerprint density at radius 3 is 2.13 bits per heavy atom. The van der Waals surface area contributed by atoms with Crippen LogP contribution in [0, 0.1) is 5.92 Å². The number of carbonyl (C=O) groups is 1. The minimum absolute atomic E-state index is 0.276. The van der Waals surface area contributed by atoms with Crippen LogP contribution in [-0.2, 0) is 9.53 Å². The van der Waals surface area contributed by atoms with Gasteiger partial charge in [-0.3, -0.25) is 4.79 Å². The second-order valence-electron chi connectivity index (χ2n) is 5.48. The van der Waals surface area contributed by atoms with E-state index in [1.807, 2.05) is 0 Å². The molecule has 10 nitrogen and oxygen atoms in total. The number of aliphatic hydroxyl groups excluding tert-OH is 6. The maximum Gasteiger partial charge on any atom is 0.325 e. The third kappa shape index (κ3) is 7.06. The van der Waals surface area contributed by atoms with Gasteiger partial charge in [0.2, 0.25) is 6.29 Å². The zero-order valence-corrected chi connectivity index (χ0v) is 13.0. The molecule has 0 heterocycles. The molecular weight excluding hydrogens is 312 g/mol. The first-order valence-electron chi connectivity index (χ1n) is 7.34. The summed E-state index contributed by atoms with van der Waals surface area (Å²) in [6.45, 7) is 1.26. The van der Waals surface area contributed by atoms with Crippen molar-refractivity contribution in [1.82, 2.24) is 0 Å². The molecule has 2 unspecified atom stereocenters. The standard InChI is InChI=1S/C13H28N2O8/c1-6(3-2-4-14)8(15)12(21)23-13(22)11(20)10(19)9(18)7(17)5-16/h6-11,13,16-20,22H,2-5,14-15H2,1H3/t6?,7-,8+,9-,10+,11-,13?/m1/s1. The van der Waals surface area contributed by atoms with Gasteiger partial charge < -0.3 is 46.8 Å². The molecular formula is C13H28N2O8. The zero-order chi connectivity index (χ0) is 18.2. The summed E-state index contributed by atoms with van der Waals surface area (Å²) < 4.78 is 4.55. The maximum atomic E-state index is 11.8. The minimum atomic E-state index is -2.16. The SMILES string of the molecule is CC(CCCN)[C@H](N)C(=O)OC(O)[C@H](O)[C@@H](O)[C@H](O)[C@H](O)CO. The lowest BCUT2D eigenvalue weighted by atomic mass is 9.97. The van der Waals surface area contributed by atoms with Crippen LogP contribution < -0.4 is 11.5 Å². The van der Waals surface area contributed by atoms with E-state index in [2.05, 4.69) is 4.74 Å². The van der Waals surface area contributed by atoms with Gasteiger partial charge in [-0.15, -0.1) is 0 Å². The smallest absolute Gasteiger partial charge is 0.325 e. The van der Waals surface area contributed by atoms with E-state index in [9.17, 15) is 25.2 Å². The van der Waals surface area contributed by atoms with Crippen LogP contribution in [0.3, 0.4) is 0 Å². The van der Waals surface area contributed by atoms with Crippen molar-refractivity contribution in [1.29, 1.82) is 0 Å². The molecule has 0 aromatic carbocycles. The first kappa shape index (κ1) is 22.1. The van der Waals surface area contributed by atoms with Crippen molar-refractivity contribution in [2.24, 2.45) is 17.4 Å². The normalized spacial score (nSPS) is 20.9. The summed E-state index contributed by atoms with van der Waals surface area (Å²) in [5, 5.41) is 56.0. The Kier molecular flexibility index (Phi) is 10.4. The number of nitrogens with two attached hydrogens (primary N) is 2. The highest BCUT2D eigenvalue weighted by molar-refractivity contribution is 5.75. The predicted octanol–water partition coefficient (Wildman–Crippen LogP) is -4.01. The Labute approximate surface area is 134 Å². The molecule has 0 bridgehead atoms. The molecule has 138 valence electrons. The van der Waals surface area contributed by atoms with E-state index in [4.69, 9.17) is 21.7 Å². The Morgan fingerprint density at radius 1 is 1.09 bits per heavy atom. The van der Waals surface area contributed by atoms with Crippen LogP contribution in [0.5, 0.6) is 0 Å². The lowest BCUT2D eigenvalue weighted by Gasteiger charge is -2.29. The first-order valence-corrected chi connectivity index (χ1v) is 7.34. The van der Waals surface area contributed by atoms with Gasteiger partial charge in [0.05, 0.1) is 6.61 Å². The van der Waals surface area contributed by atoms with Crippen LogP contribution in [0.15, 0.2) is 0 Å². The minimum Gasteiger partial charge on any atom is -0.432 e. The molecule has 0 aromatic heterocycles. The van der Waals surface area contributed by atoms with Crippen LogP contribution in [-0.4, -0.2) is 86.5 Å². The van der Waals surface area contributed by atoms with E-state index in [1.54, 1.807) is 6.92 Å². The summed E-state index contributed by atoms with van der Waals surface area (Å²) >= 11 is 0. The highest BCUT2D eigenvalue weighted by Gasteiger charge is 2.36. The van der Waals surface area contributed by atoms with E-state index in [0.717, 1.165) is 0 Å². The molecule has 0 spiro atoms. The molecule has 0 aliphatic heterocycles. The average molecular weight is 340 g/mol. The topological polar surface area (TPSA) is 200 Å². The van der Waals surface area contributed by atoms with Gasteiger partial charge in [0, 0.05) is 0 Å². The second kappa shape index (κ2) is 10.8. The van der Waals surface area contributed by atoms with Crippen molar-refractivity contribution in [2.45, 2.75) is 56.5 Å². The molecule has 23 heavy (non-hydrogen) atoms. The molecule has 0 rings (SSSR count). The second-order valence-corrected chi connectivity index (χ2v) is 5.48. The van der Waals surface area contributed by atoms with Gasteiger partial charge in [-0.1, -0.05) is 6.92 Å². The van der Waals surface area contributed by atoms with E-state index < -0.39 is 49.3 Å². The summed E-state index contributed by atoms with van der Waals surface area (Å²) in [6.07, 6.45) is -8.77. The summed E-state index contributed by atoms with van der Waals surface area (Å²) in [7, 11) is 0. The molecule has 0 radical (unpaired) electrons. The molecule has 0 aliphatic rings. The fourth-order valence-electron chi connectivity index (χ4n) is 1.83. The molecule has 0 fully saturated rings. The van der Waals surface area contributed by atoms with Gasteiger partial charge in [0.15, 0.2) is 0 Å². The third-order valence-corrected chi connectivity index (χ3v) is 3.56. The zero-order valence-electron chi connectivity index (χ0n) is 13.0. The van der Waals surface area contributed by atoms with Crippen LogP contribution in [0.1, 0.15) is 19.8 Å². The molecule has 0 aliphatic carbocycles. The summed E-state index contributed by atoms with van der Waals surface area (Å²) in [5.74, 6) is -1.27.